The van der Waals surface area contributed by atoms with E-state index in [2.05, 4.69) is 0 Å². The Morgan fingerprint density at radius 2 is 1.81 bits per heavy atom. The number of rotatable bonds is 2. The fraction of sp³-hybridized carbons (Fsp3) is 0.182. The van der Waals surface area contributed by atoms with Crippen molar-refractivity contribution in [2.24, 2.45) is 0 Å². The summed E-state index contributed by atoms with van der Waals surface area (Å²) in [4.78, 5) is 11.1. The summed E-state index contributed by atoms with van der Waals surface area (Å²) in [5, 5.41) is 0. The highest BCUT2D eigenvalue weighted by atomic mass is 32.2. The number of benzene rings is 1. The maximum atomic E-state index is 12.1. The van der Waals surface area contributed by atoms with E-state index in [1.54, 1.807) is 25.1 Å². The third-order valence-corrected chi connectivity index (χ3v) is 4.25. The van der Waals surface area contributed by atoms with E-state index in [4.69, 9.17) is 4.74 Å². The molecule has 0 N–H and O–H groups in total. The van der Waals surface area contributed by atoms with E-state index in [1.807, 2.05) is 0 Å². The molecule has 0 spiro atoms. The van der Waals surface area contributed by atoms with Gasteiger partial charge >= 0.3 is 5.97 Å². The minimum atomic E-state index is -3.63. The average Bonchev–Trinajstić information content (AvgIpc) is 2.60. The molecule has 1 aromatic rings. The average molecular weight is 238 g/mol. The molecule has 16 heavy (non-hydrogen) atoms. The van der Waals surface area contributed by atoms with E-state index in [1.165, 1.54) is 18.2 Å². The molecule has 0 bridgehead atoms. The van der Waals surface area contributed by atoms with Gasteiger partial charge in [-0.1, -0.05) is 18.2 Å². The molecule has 84 valence electrons. The topological polar surface area (TPSA) is 60.4 Å². The van der Waals surface area contributed by atoms with Gasteiger partial charge in [0.15, 0.2) is 0 Å². The van der Waals surface area contributed by atoms with Crippen LogP contribution in [0.3, 0.4) is 0 Å². The van der Waals surface area contributed by atoms with Crippen LogP contribution in [-0.4, -0.2) is 19.8 Å². The van der Waals surface area contributed by atoms with Gasteiger partial charge < -0.3 is 4.74 Å². The second-order valence-corrected chi connectivity index (χ2v) is 5.50. The highest BCUT2D eigenvalue weighted by Gasteiger charge is 2.36. The first-order valence-electron chi connectivity index (χ1n) is 4.69. The van der Waals surface area contributed by atoms with Crippen molar-refractivity contribution in [2.45, 2.75) is 17.3 Å². The summed E-state index contributed by atoms with van der Waals surface area (Å²) >= 11 is 0. The van der Waals surface area contributed by atoms with E-state index in [0.29, 0.717) is 5.57 Å². The number of hydrogen-bond donors (Lipinski definition) is 0. The molecule has 1 aromatic carbocycles. The summed E-state index contributed by atoms with van der Waals surface area (Å²) in [7, 11) is -3.63. The van der Waals surface area contributed by atoms with Gasteiger partial charge in [0.25, 0.3) is 0 Å². The molecule has 2 rings (SSSR count). The zero-order valence-electron chi connectivity index (χ0n) is 8.58. The van der Waals surface area contributed by atoms with Crippen LogP contribution < -0.4 is 0 Å². The third kappa shape index (κ3) is 1.74. The van der Waals surface area contributed by atoms with Crippen LogP contribution in [0.1, 0.15) is 6.92 Å². The Bertz CT molecular complexity index is 543. The summed E-state index contributed by atoms with van der Waals surface area (Å²) in [5.74, 6) is -0.609. The Balaban J connectivity index is 2.42. The van der Waals surface area contributed by atoms with Crippen LogP contribution in [0.5, 0.6) is 0 Å². The molecular weight excluding hydrogens is 228 g/mol. The normalized spacial score (nSPS) is 20.4. The Morgan fingerprint density at radius 1 is 1.19 bits per heavy atom. The molecule has 0 saturated heterocycles. The van der Waals surface area contributed by atoms with Crippen molar-refractivity contribution in [3.05, 3.63) is 42.0 Å². The van der Waals surface area contributed by atoms with Gasteiger partial charge in [-0.15, -0.1) is 0 Å². The Hall–Kier alpha value is -1.62. The Kier molecular flexibility index (Phi) is 2.55. The summed E-state index contributed by atoms with van der Waals surface area (Å²) < 4.78 is 28.9. The standard InChI is InChI=1S/C11H10O4S/c1-8-7-10(12)15-11(8)16(13,14)9-5-3-2-4-6-9/h2-7,11H,1H3. The Labute approximate surface area is 93.5 Å². The first-order valence-corrected chi connectivity index (χ1v) is 6.24. The second-order valence-electron chi connectivity index (χ2n) is 3.52. The van der Waals surface area contributed by atoms with Gasteiger partial charge in [0.2, 0.25) is 15.3 Å². The van der Waals surface area contributed by atoms with E-state index in [0.717, 1.165) is 0 Å². The summed E-state index contributed by atoms with van der Waals surface area (Å²) in [5.41, 5.74) is -0.767. The van der Waals surface area contributed by atoms with Gasteiger partial charge in [-0.3, -0.25) is 0 Å². The summed E-state index contributed by atoms with van der Waals surface area (Å²) in [6, 6.07) is 7.94. The van der Waals surface area contributed by atoms with Gasteiger partial charge in [0, 0.05) is 6.08 Å². The van der Waals surface area contributed by atoms with Gasteiger partial charge in [-0.2, -0.15) is 0 Å². The molecule has 1 aliphatic heterocycles. The van der Waals surface area contributed by atoms with Crippen molar-refractivity contribution in [2.75, 3.05) is 0 Å². The van der Waals surface area contributed by atoms with E-state index in [-0.39, 0.29) is 4.90 Å². The minimum Gasteiger partial charge on any atom is -0.438 e. The van der Waals surface area contributed by atoms with E-state index >= 15 is 0 Å². The molecule has 1 unspecified atom stereocenters. The van der Waals surface area contributed by atoms with Crippen LogP contribution in [0.4, 0.5) is 0 Å². The van der Waals surface area contributed by atoms with Crippen LogP contribution in [0.25, 0.3) is 0 Å². The summed E-state index contributed by atoms with van der Waals surface area (Å²) in [6.45, 7) is 1.57. The molecule has 0 saturated carbocycles. The van der Waals surface area contributed by atoms with Crippen LogP contribution in [0.2, 0.25) is 0 Å². The minimum absolute atomic E-state index is 0.155. The highest BCUT2D eigenvalue weighted by molar-refractivity contribution is 7.92. The second kappa shape index (κ2) is 3.75. The highest BCUT2D eigenvalue weighted by Crippen LogP contribution is 2.26. The van der Waals surface area contributed by atoms with Crippen LogP contribution in [-0.2, 0) is 19.4 Å². The van der Waals surface area contributed by atoms with Gasteiger partial charge in [0.1, 0.15) is 0 Å². The molecule has 5 heteroatoms. The predicted molar refractivity (Wildman–Crippen MR) is 57.3 cm³/mol. The van der Waals surface area contributed by atoms with E-state index in [9.17, 15) is 13.2 Å². The lowest BCUT2D eigenvalue weighted by molar-refractivity contribution is -0.136. The molecule has 1 atom stereocenters. The Morgan fingerprint density at radius 3 is 2.31 bits per heavy atom. The number of hydrogen-bond acceptors (Lipinski definition) is 4. The fourth-order valence-corrected chi connectivity index (χ4v) is 3.09. The van der Waals surface area contributed by atoms with E-state index < -0.39 is 21.2 Å². The van der Waals surface area contributed by atoms with Crippen molar-refractivity contribution in [1.29, 1.82) is 0 Å². The molecule has 0 aliphatic carbocycles. The maximum Gasteiger partial charge on any atom is 0.332 e. The lowest BCUT2D eigenvalue weighted by Gasteiger charge is -2.12. The predicted octanol–water partition coefficient (Wildman–Crippen LogP) is 1.29. The van der Waals surface area contributed by atoms with Gasteiger partial charge in [0.05, 0.1) is 4.90 Å². The lowest BCUT2D eigenvalue weighted by Crippen LogP contribution is -2.23. The largest absolute Gasteiger partial charge is 0.438 e. The number of sulfone groups is 1. The van der Waals surface area contributed by atoms with Crippen molar-refractivity contribution >= 4 is 15.8 Å². The number of carbonyl (C=O) groups is 1. The molecule has 0 radical (unpaired) electrons. The number of ether oxygens (including phenoxy) is 1. The van der Waals surface area contributed by atoms with Crippen molar-refractivity contribution in [1.82, 2.24) is 0 Å². The molecule has 0 aromatic heterocycles. The lowest BCUT2D eigenvalue weighted by atomic mass is 10.3. The molecular formula is C11H10O4S. The SMILES string of the molecule is CC1=CC(=O)OC1S(=O)(=O)c1ccccc1. The zero-order valence-corrected chi connectivity index (χ0v) is 9.40. The zero-order chi connectivity index (χ0) is 11.8. The molecule has 0 fully saturated rings. The first-order chi connectivity index (χ1) is 7.51. The van der Waals surface area contributed by atoms with Crippen molar-refractivity contribution in [3.63, 3.8) is 0 Å². The third-order valence-electron chi connectivity index (χ3n) is 2.29. The smallest absolute Gasteiger partial charge is 0.332 e. The van der Waals surface area contributed by atoms with Gasteiger partial charge in [-0.25, -0.2) is 13.2 Å². The number of carbonyl (C=O) groups excluding carboxylic acids is 1. The molecule has 1 heterocycles. The van der Waals surface area contributed by atoms with Crippen LogP contribution in [0, 0.1) is 0 Å². The molecule has 1 aliphatic rings. The fourth-order valence-electron chi connectivity index (χ4n) is 1.53. The van der Waals surface area contributed by atoms with Crippen LogP contribution >= 0.6 is 0 Å². The van der Waals surface area contributed by atoms with Crippen molar-refractivity contribution in [3.8, 4) is 0 Å². The molecule has 4 nitrogen and oxygen atoms in total. The maximum absolute atomic E-state index is 12.1. The summed E-state index contributed by atoms with van der Waals surface area (Å²) in [6.07, 6.45) is 1.20. The number of cyclic esters (lactones) is 1. The van der Waals surface area contributed by atoms with Crippen molar-refractivity contribution < 1.29 is 17.9 Å². The molecule has 0 amide bonds. The quantitative estimate of drug-likeness (QED) is 0.728. The van der Waals surface area contributed by atoms with Crippen LogP contribution in [0.15, 0.2) is 46.9 Å². The van der Waals surface area contributed by atoms with Gasteiger partial charge in [-0.05, 0) is 24.6 Å². The number of esters is 1. The first kappa shape index (κ1) is 10.9. The monoisotopic (exact) mass is 238 g/mol.